The number of benzene rings is 1. The van der Waals surface area contributed by atoms with Gasteiger partial charge < -0.3 is 9.05 Å². The van der Waals surface area contributed by atoms with Gasteiger partial charge in [-0.3, -0.25) is 10.1 Å². The first-order valence-electron chi connectivity index (χ1n) is 4.82. The second-order valence-electron chi connectivity index (χ2n) is 3.73. The van der Waals surface area contributed by atoms with Crippen molar-refractivity contribution in [3.05, 3.63) is 33.9 Å². The van der Waals surface area contributed by atoms with Crippen LogP contribution in [0, 0.1) is 10.1 Å². The lowest BCUT2D eigenvalue weighted by Crippen LogP contribution is -2.18. The molecule has 8 heteroatoms. The minimum absolute atomic E-state index is 0.0241. The van der Waals surface area contributed by atoms with Crippen molar-refractivity contribution in [2.45, 2.75) is 6.61 Å². The van der Waals surface area contributed by atoms with Gasteiger partial charge in [0, 0.05) is 17.7 Å². The molecule has 1 atom stereocenters. The predicted octanol–water partition coefficient (Wildman–Crippen LogP) is 2.29. The molecular formula is C9H11N2O4PS. The number of fused-ring (bicyclic) bond motifs is 1. The SMILES string of the molecule is CN(C)[P@]1(=S)OCc2cc([N+](=O)[O-])ccc2O1. The Balaban J connectivity index is 2.35. The lowest BCUT2D eigenvalue weighted by molar-refractivity contribution is -0.385. The van der Waals surface area contributed by atoms with Gasteiger partial charge in [0.15, 0.2) is 0 Å². The van der Waals surface area contributed by atoms with Crippen LogP contribution in [-0.4, -0.2) is 23.7 Å². The average Bonchev–Trinajstić information content (AvgIpc) is 2.28. The maximum absolute atomic E-state index is 10.6. The highest BCUT2D eigenvalue weighted by Gasteiger charge is 2.30. The molecule has 0 bridgehead atoms. The minimum atomic E-state index is -2.46. The standard InChI is InChI=1S/C9H11N2O4PS/c1-10(2)16(17)14-6-7-5-8(11(12)13)3-4-9(7)15-16/h3-5H,6H2,1-2H3/t16-/m0/s1. The number of hydrogen-bond acceptors (Lipinski definition) is 5. The first-order chi connectivity index (χ1) is 7.92. The van der Waals surface area contributed by atoms with Crippen molar-refractivity contribution in [3.63, 3.8) is 0 Å². The Bertz CT molecular complexity index is 520. The van der Waals surface area contributed by atoms with Gasteiger partial charge in [-0.05, 0) is 32.0 Å². The van der Waals surface area contributed by atoms with E-state index in [0.29, 0.717) is 11.3 Å². The van der Waals surface area contributed by atoms with Gasteiger partial charge in [0.1, 0.15) is 5.75 Å². The lowest BCUT2D eigenvalue weighted by Gasteiger charge is -2.32. The van der Waals surface area contributed by atoms with Gasteiger partial charge in [-0.2, -0.15) is 0 Å². The van der Waals surface area contributed by atoms with Gasteiger partial charge in [-0.1, -0.05) is 0 Å². The first-order valence-corrected chi connectivity index (χ1v) is 7.41. The highest BCUT2D eigenvalue weighted by molar-refractivity contribution is 8.08. The molecule has 6 nitrogen and oxygen atoms in total. The summed E-state index contributed by atoms with van der Waals surface area (Å²) >= 11 is 5.30. The molecule has 0 fully saturated rings. The molecule has 0 aromatic heterocycles. The topological polar surface area (TPSA) is 64.8 Å². The molecule has 0 amide bonds. The quantitative estimate of drug-likeness (QED) is 0.468. The number of nitrogens with zero attached hydrogens (tertiary/aromatic N) is 2. The molecule has 1 aliphatic heterocycles. The van der Waals surface area contributed by atoms with Crippen LogP contribution in [0.5, 0.6) is 5.75 Å². The molecule has 0 aliphatic carbocycles. The molecule has 0 saturated carbocycles. The highest BCUT2D eigenvalue weighted by atomic mass is 32.5. The summed E-state index contributed by atoms with van der Waals surface area (Å²) in [5.74, 6) is 0.568. The van der Waals surface area contributed by atoms with Crippen molar-refractivity contribution in [3.8, 4) is 5.75 Å². The van der Waals surface area contributed by atoms with Gasteiger partial charge in [0.2, 0.25) is 0 Å². The van der Waals surface area contributed by atoms with Crippen LogP contribution in [0.3, 0.4) is 0 Å². The Morgan fingerprint density at radius 3 is 2.82 bits per heavy atom. The van der Waals surface area contributed by atoms with E-state index >= 15 is 0 Å². The van der Waals surface area contributed by atoms with E-state index in [1.165, 1.54) is 12.1 Å². The van der Waals surface area contributed by atoms with Gasteiger partial charge in [-0.15, -0.1) is 0 Å². The van der Waals surface area contributed by atoms with Crippen molar-refractivity contribution in [2.75, 3.05) is 14.1 Å². The Hall–Kier alpha value is -1.01. The molecule has 2 rings (SSSR count). The van der Waals surface area contributed by atoms with Gasteiger partial charge in [0.25, 0.3) is 5.69 Å². The van der Waals surface area contributed by atoms with Crippen LogP contribution in [0.1, 0.15) is 5.56 Å². The molecule has 17 heavy (non-hydrogen) atoms. The molecular weight excluding hydrogens is 263 g/mol. The van der Waals surface area contributed by atoms with Crippen LogP contribution in [-0.2, 0) is 22.9 Å². The molecule has 0 radical (unpaired) electrons. The van der Waals surface area contributed by atoms with E-state index in [-0.39, 0.29) is 12.3 Å². The monoisotopic (exact) mass is 274 g/mol. The fraction of sp³-hybridized carbons (Fsp3) is 0.333. The van der Waals surface area contributed by atoms with E-state index in [0.717, 1.165) is 0 Å². The average molecular weight is 274 g/mol. The van der Waals surface area contributed by atoms with E-state index in [1.807, 2.05) is 0 Å². The molecule has 92 valence electrons. The highest BCUT2D eigenvalue weighted by Crippen LogP contribution is 2.55. The molecule has 0 unspecified atom stereocenters. The van der Waals surface area contributed by atoms with Crippen LogP contribution in [0.2, 0.25) is 0 Å². The summed E-state index contributed by atoms with van der Waals surface area (Å²) in [5.41, 5.74) is 0.678. The Kier molecular flexibility index (Phi) is 3.18. The summed E-state index contributed by atoms with van der Waals surface area (Å²) in [5, 5.41) is 10.6. The van der Waals surface area contributed by atoms with Crippen LogP contribution in [0.4, 0.5) is 5.69 Å². The predicted molar refractivity (Wildman–Crippen MR) is 66.5 cm³/mol. The molecule has 0 N–H and O–H groups in total. The zero-order chi connectivity index (χ0) is 12.6. The molecule has 0 saturated heterocycles. The summed E-state index contributed by atoms with van der Waals surface area (Å²) in [4.78, 5) is 10.2. The third-order valence-electron chi connectivity index (χ3n) is 2.34. The number of nitro benzene ring substituents is 1. The van der Waals surface area contributed by atoms with E-state index in [1.54, 1.807) is 24.8 Å². The van der Waals surface area contributed by atoms with Gasteiger partial charge in [-0.25, -0.2) is 4.67 Å². The second kappa shape index (κ2) is 4.34. The molecule has 1 aromatic carbocycles. The van der Waals surface area contributed by atoms with Gasteiger partial charge in [0.05, 0.1) is 11.5 Å². The van der Waals surface area contributed by atoms with E-state index in [2.05, 4.69) is 0 Å². The van der Waals surface area contributed by atoms with Crippen molar-refractivity contribution >= 4 is 24.1 Å². The zero-order valence-electron chi connectivity index (χ0n) is 9.32. The summed E-state index contributed by atoms with van der Waals surface area (Å²) in [7, 11) is 3.58. The molecule has 1 aliphatic rings. The maximum atomic E-state index is 10.6. The van der Waals surface area contributed by atoms with Crippen molar-refractivity contribution in [2.24, 2.45) is 0 Å². The third-order valence-corrected chi connectivity index (χ3v) is 5.72. The summed E-state index contributed by atoms with van der Waals surface area (Å²) in [6.07, 6.45) is 0. The van der Waals surface area contributed by atoms with Gasteiger partial charge >= 0.3 is 6.64 Å². The summed E-state index contributed by atoms with van der Waals surface area (Å²) < 4.78 is 12.8. The Morgan fingerprint density at radius 1 is 1.53 bits per heavy atom. The van der Waals surface area contributed by atoms with Crippen molar-refractivity contribution in [1.82, 2.24) is 4.67 Å². The summed E-state index contributed by atoms with van der Waals surface area (Å²) in [6, 6.07) is 4.42. The summed E-state index contributed by atoms with van der Waals surface area (Å²) in [6.45, 7) is -2.22. The van der Waals surface area contributed by atoms with Crippen molar-refractivity contribution < 1.29 is 14.0 Å². The number of hydrogen-bond donors (Lipinski definition) is 0. The zero-order valence-corrected chi connectivity index (χ0v) is 11.0. The van der Waals surface area contributed by atoms with Crippen molar-refractivity contribution in [1.29, 1.82) is 0 Å². The second-order valence-corrected chi connectivity index (χ2v) is 7.29. The molecule has 0 spiro atoms. The van der Waals surface area contributed by atoms with E-state index in [9.17, 15) is 10.1 Å². The van der Waals surface area contributed by atoms with E-state index < -0.39 is 11.6 Å². The molecule has 1 aromatic rings. The lowest BCUT2D eigenvalue weighted by atomic mass is 10.2. The first kappa shape index (κ1) is 12.4. The van der Waals surface area contributed by atoms with Crippen LogP contribution >= 0.6 is 6.64 Å². The number of non-ortho nitro benzene ring substituents is 1. The third kappa shape index (κ3) is 2.32. The Morgan fingerprint density at radius 2 is 2.24 bits per heavy atom. The maximum Gasteiger partial charge on any atom is 0.315 e. The fourth-order valence-electron chi connectivity index (χ4n) is 1.38. The van der Waals surface area contributed by atoms with Crippen LogP contribution in [0.25, 0.3) is 0 Å². The minimum Gasteiger partial charge on any atom is -0.432 e. The fourth-order valence-corrected chi connectivity index (χ4v) is 2.96. The largest absolute Gasteiger partial charge is 0.432 e. The van der Waals surface area contributed by atoms with Crippen LogP contribution in [0.15, 0.2) is 18.2 Å². The smallest absolute Gasteiger partial charge is 0.315 e. The normalized spacial score (nSPS) is 23.0. The number of nitro groups is 1. The van der Waals surface area contributed by atoms with E-state index in [4.69, 9.17) is 20.9 Å². The molecule has 1 heterocycles. The van der Waals surface area contributed by atoms with Crippen LogP contribution < -0.4 is 4.52 Å². The number of rotatable bonds is 2. The Labute approximate surface area is 104 Å².